The maximum Gasteiger partial charge on any atom is 0.407 e. The molecule has 0 fully saturated rings. The van der Waals surface area contributed by atoms with Crippen LogP contribution in [0.15, 0.2) is 42.5 Å². The van der Waals surface area contributed by atoms with Crippen molar-refractivity contribution in [3.8, 4) is 11.5 Å². The van der Waals surface area contributed by atoms with Gasteiger partial charge < -0.3 is 30.2 Å². The number of fused-ring (bicyclic) bond motifs is 1. The lowest BCUT2D eigenvalue weighted by atomic mass is 10.1. The van der Waals surface area contributed by atoms with Crippen LogP contribution >= 0.6 is 0 Å². The molecule has 32 heavy (non-hydrogen) atoms. The van der Waals surface area contributed by atoms with E-state index < -0.39 is 11.7 Å². The first kappa shape index (κ1) is 22.9. The summed E-state index contributed by atoms with van der Waals surface area (Å²) in [5.74, 6) is 0.589. The van der Waals surface area contributed by atoms with Gasteiger partial charge in [-0.25, -0.2) is 4.79 Å². The van der Waals surface area contributed by atoms with Gasteiger partial charge in [0.25, 0.3) is 5.91 Å². The molecule has 0 aromatic heterocycles. The summed E-state index contributed by atoms with van der Waals surface area (Å²) in [6.45, 7) is 5.81. The number of nitrogens with one attached hydrogen (secondary N) is 3. The number of benzene rings is 2. The van der Waals surface area contributed by atoms with Crippen molar-refractivity contribution in [1.29, 1.82) is 0 Å². The standard InChI is InChI=1S/C23H27N3O6/c1-23(2,3)32-22(29)24-11-10-20(27)25-13-16-6-4-5-7-17(16)26-21(28)15-8-9-18-19(12-15)31-14-30-18/h4-9,12H,10-11,13-14H2,1-3H3,(H,24,29)(H,25,27)(H,26,28). The van der Waals surface area contributed by atoms with Crippen LogP contribution in [0.5, 0.6) is 11.5 Å². The van der Waals surface area contributed by atoms with Crippen LogP contribution in [0.3, 0.4) is 0 Å². The van der Waals surface area contributed by atoms with Crippen LogP contribution in [-0.4, -0.2) is 36.8 Å². The van der Waals surface area contributed by atoms with Crippen molar-refractivity contribution in [3.05, 3.63) is 53.6 Å². The molecular weight excluding hydrogens is 414 g/mol. The van der Waals surface area contributed by atoms with E-state index in [4.69, 9.17) is 14.2 Å². The van der Waals surface area contributed by atoms with Gasteiger partial charge in [-0.1, -0.05) is 18.2 Å². The molecule has 0 spiro atoms. The maximum atomic E-state index is 12.7. The first-order valence-corrected chi connectivity index (χ1v) is 10.2. The highest BCUT2D eigenvalue weighted by molar-refractivity contribution is 6.05. The molecule has 9 nitrogen and oxygen atoms in total. The first-order chi connectivity index (χ1) is 15.2. The fourth-order valence-corrected chi connectivity index (χ4v) is 2.90. The molecule has 0 aliphatic carbocycles. The number of anilines is 1. The van der Waals surface area contributed by atoms with Crippen LogP contribution in [0.1, 0.15) is 43.1 Å². The minimum Gasteiger partial charge on any atom is -0.454 e. The molecule has 2 aromatic carbocycles. The summed E-state index contributed by atoms with van der Waals surface area (Å²) in [6.07, 6.45) is -0.466. The second-order valence-electron chi connectivity index (χ2n) is 8.13. The van der Waals surface area contributed by atoms with Crippen molar-refractivity contribution in [1.82, 2.24) is 10.6 Å². The van der Waals surface area contributed by atoms with Crippen LogP contribution in [-0.2, 0) is 16.1 Å². The summed E-state index contributed by atoms with van der Waals surface area (Å²) in [4.78, 5) is 36.4. The molecule has 0 saturated carbocycles. The average Bonchev–Trinajstić information content (AvgIpc) is 3.19. The topological polar surface area (TPSA) is 115 Å². The van der Waals surface area contributed by atoms with E-state index >= 15 is 0 Å². The van der Waals surface area contributed by atoms with Crippen molar-refractivity contribution in [3.63, 3.8) is 0 Å². The molecule has 3 N–H and O–H groups in total. The lowest BCUT2D eigenvalue weighted by Gasteiger charge is -2.19. The molecule has 170 valence electrons. The Balaban J connectivity index is 1.50. The Morgan fingerprint density at radius 2 is 1.75 bits per heavy atom. The van der Waals surface area contributed by atoms with E-state index in [0.29, 0.717) is 22.7 Å². The van der Waals surface area contributed by atoms with E-state index in [0.717, 1.165) is 5.56 Å². The van der Waals surface area contributed by atoms with Gasteiger partial charge in [-0.15, -0.1) is 0 Å². The highest BCUT2D eigenvalue weighted by Gasteiger charge is 2.18. The van der Waals surface area contributed by atoms with Gasteiger partial charge in [-0.05, 0) is 50.6 Å². The number of hydrogen-bond acceptors (Lipinski definition) is 6. The third-order valence-corrected chi connectivity index (χ3v) is 4.40. The molecule has 0 saturated heterocycles. The summed E-state index contributed by atoms with van der Waals surface area (Å²) in [5, 5.41) is 8.19. The van der Waals surface area contributed by atoms with E-state index in [-0.39, 0.29) is 38.1 Å². The molecule has 3 rings (SSSR count). The van der Waals surface area contributed by atoms with E-state index in [9.17, 15) is 14.4 Å². The zero-order valence-corrected chi connectivity index (χ0v) is 18.3. The monoisotopic (exact) mass is 441 g/mol. The van der Waals surface area contributed by atoms with Crippen LogP contribution in [0.4, 0.5) is 10.5 Å². The largest absolute Gasteiger partial charge is 0.454 e. The molecule has 0 atom stereocenters. The Bertz CT molecular complexity index is 999. The second kappa shape index (κ2) is 10.0. The predicted molar refractivity (Wildman–Crippen MR) is 118 cm³/mol. The Labute approximate surface area is 186 Å². The Morgan fingerprint density at radius 3 is 2.53 bits per heavy atom. The molecule has 0 radical (unpaired) electrons. The van der Waals surface area contributed by atoms with Crippen LogP contribution in [0.2, 0.25) is 0 Å². The normalized spacial score (nSPS) is 12.1. The molecule has 1 aliphatic rings. The quantitative estimate of drug-likeness (QED) is 0.608. The van der Waals surface area contributed by atoms with E-state index in [1.807, 2.05) is 12.1 Å². The number of amides is 3. The zero-order chi connectivity index (χ0) is 23.1. The lowest BCUT2D eigenvalue weighted by Crippen LogP contribution is -2.35. The van der Waals surface area contributed by atoms with Crippen molar-refractivity contribution < 1.29 is 28.6 Å². The third-order valence-electron chi connectivity index (χ3n) is 4.40. The highest BCUT2D eigenvalue weighted by Crippen LogP contribution is 2.32. The van der Waals surface area contributed by atoms with Gasteiger partial charge >= 0.3 is 6.09 Å². The molecule has 0 bridgehead atoms. The number of para-hydroxylation sites is 1. The van der Waals surface area contributed by atoms with Crippen molar-refractivity contribution in [2.45, 2.75) is 39.3 Å². The smallest absolute Gasteiger partial charge is 0.407 e. The van der Waals surface area contributed by atoms with Crippen LogP contribution in [0, 0.1) is 0 Å². The van der Waals surface area contributed by atoms with Gasteiger partial charge in [0.1, 0.15) is 5.60 Å². The SMILES string of the molecule is CC(C)(C)OC(=O)NCCC(=O)NCc1ccccc1NC(=O)c1ccc2c(c1)OCO2. The van der Waals surface area contributed by atoms with E-state index in [2.05, 4.69) is 16.0 Å². The van der Waals surface area contributed by atoms with Gasteiger partial charge in [-0.3, -0.25) is 9.59 Å². The molecule has 9 heteroatoms. The fourth-order valence-electron chi connectivity index (χ4n) is 2.90. The van der Waals surface area contributed by atoms with E-state index in [1.54, 1.807) is 51.1 Å². The maximum absolute atomic E-state index is 12.7. The Kier molecular flexibility index (Phi) is 7.19. The number of ether oxygens (including phenoxy) is 3. The van der Waals surface area contributed by atoms with Crippen molar-refractivity contribution in [2.24, 2.45) is 0 Å². The van der Waals surface area contributed by atoms with E-state index in [1.165, 1.54) is 0 Å². The fraction of sp³-hybridized carbons (Fsp3) is 0.348. The van der Waals surface area contributed by atoms with Gasteiger partial charge in [-0.2, -0.15) is 0 Å². The number of carbonyl (C=O) groups excluding carboxylic acids is 3. The van der Waals surface area contributed by atoms with Gasteiger partial charge in [0.05, 0.1) is 0 Å². The Morgan fingerprint density at radius 1 is 1.00 bits per heavy atom. The number of carbonyl (C=O) groups is 3. The third kappa shape index (κ3) is 6.63. The number of alkyl carbamates (subject to hydrolysis) is 1. The predicted octanol–water partition coefficient (Wildman–Crippen LogP) is 3.20. The molecular formula is C23H27N3O6. The molecule has 1 aliphatic heterocycles. The average molecular weight is 441 g/mol. The summed E-state index contributed by atoms with van der Waals surface area (Å²) in [7, 11) is 0. The minimum absolute atomic E-state index is 0.102. The lowest BCUT2D eigenvalue weighted by molar-refractivity contribution is -0.121. The number of hydrogen-bond donors (Lipinski definition) is 3. The molecule has 1 heterocycles. The van der Waals surface area contributed by atoms with Gasteiger partial charge in [0, 0.05) is 30.8 Å². The molecule has 3 amide bonds. The molecule has 2 aromatic rings. The summed E-state index contributed by atoms with van der Waals surface area (Å²) < 4.78 is 15.7. The molecule has 0 unspecified atom stereocenters. The van der Waals surface area contributed by atoms with Gasteiger partial charge in [0.2, 0.25) is 12.7 Å². The van der Waals surface area contributed by atoms with Crippen LogP contribution < -0.4 is 25.4 Å². The van der Waals surface area contributed by atoms with Crippen molar-refractivity contribution >= 4 is 23.6 Å². The second-order valence-corrected chi connectivity index (χ2v) is 8.13. The van der Waals surface area contributed by atoms with Crippen molar-refractivity contribution in [2.75, 3.05) is 18.7 Å². The van der Waals surface area contributed by atoms with Crippen LogP contribution in [0.25, 0.3) is 0 Å². The van der Waals surface area contributed by atoms with Gasteiger partial charge in [0.15, 0.2) is 11.5 Å². The Hall–Kier alpha value is -3.75. The number of rotatable bonds is 7. The summed E-state index contributed by atoms with van der Waals surface area (Å²) in [5.41, 5.74) is 1.17. The summed E-state index contributed by atoms with van der Waals surface area (Å²) in [6, 6.07) is 12.2. The first-order valence-electron chi connectivity index (χ1n) is 10.2. The zero-order valence-electron chi connectivity index (χ0n) is 18.3. The highest BCUT2D eigenvalue weighted by atomic mass is 16.7. The minimum atomic E-state index is -0.596. The summed E-state index contributed by atoms with van der Waals surface area (Å²) >= 11 is 0.